The minimum atomic E-state index is 0.648. The van der Waals surface area contributed by atoms with Gasteiger partial charge in [0.1, 0.15) is 0 Å². The summed E-state index contributed by atoms with van der Waals surface area (Å²) in [6, 6.07) is 41.6. The number of hydrogen-bond donors (Lipinski definition) is 0. The Hall–Kier alpha value is -5.00. The summed E-state index contributed by atoms with van der Waals surface area (Å²) in [6.45, 7) is 0. The molecule has 0 amide bonds. The third-order valence-electron chi connectivity index (χ3n) is 6.65. The van der Waals surface area contributed by atoms with Gasteiger partial charge in [-0.1, -0.05) is 97.1 Å². The second-order valence-electron chi connectivity index (χ2n) is 9.22. The molecule has 0 radical (unpaired) electrons. The molecule has 4 aromatic carbocycles. The van der Waals surface area contributed by atoms with Crippen molar-refractivity contribution in [3.63, 3.8) is 0 Å². The van der Waals surface area contributed by atoms with Crippen molar-refractivity contribution in [2.45, 2.75) is 0 Å². The maximum atomic E-state index is 4.97. The van der Waals surface area contributed by atoms with E-state index in [9.17, 15) is 0 Å². The van der Waals surface area contributed by atoms with E-state index in [2.05, 4.69) is 114 Å². The van der Waals surface area contributed by atoms with E-state index in [1.54, 1.807) is 17.5 Å². The first-order valence-electron chi connectivity index (χ1n) is 12.7. The maximum absolute atomic E-state index is 4.97. The fraction of sp³-hybridized carbons (Fsp3) is 0. The van der Waals surface area contributed by atoms with Crippen LogP contribution in [0.25, 0.3) is 65.8 Å². The van der Waals surface area contributed by atoms with Crippen LogP contribution < -0.4 is 0 Å². The number of nitrogens with zero attached hydrogens (tertiary/aromatic N) is 4. The molecule has 3 aromatic heterocycles. The highest BCUT2D eigenvalue weighted by molar-refractivity contribution is 7.22. The van der Waals surface area contributed by atoms with Gasteiger partial charge in [0, 0.05) is 28.2 Å². The topological polar surface area (TPSA) is 51.6 Å². The van der Waals surface area contributed by atoms with Crippen LogP contribution in [0.4, 0.5) is 0 Å². The summed E-state index contributed by atoms with van der Waals surface area (Å²) in [7, 11) is 0. The third-order valence-corrected chi connectivity index (χ3v) is 7.76. The zero-order chi connectivity index (χ0) is 26.0. The van der Waals surface area contributed by atoms with Gasteiger partial charge in [-0.2, -0.15) is 0 Å². The minimum absolute atomic E-state index is 0.648. The average Bonchev–Trinajstić information content (AvgIpc) is 3.47. The quantitative estimate of drug-likeness (QED) is 0.228. The third kappa shape index (κ3) is 4.72. The van der Waals surface area contributed by atoms with Crippen molar-refractivity contribution in [1.82, 2.24) is 19.9 Å². The van der Waals surface area contributed by atoms with Crippen molar-refractivity contribution in [2.24, 2.45) is 0 Å². The number of fused-ring (bicyclic) bond motifs is 1. The Morgan fingerprint density at radius 2 is 1.08 bits per heavy atom. The van der Waals surface area contributed by atoms with Gasteiger partial charge in [-0.25, -0.2) is 15.0 Å². The molecule has 0 aliphatic carbocycles. The van der Waals surface area contributed by atoms with Crippen molar-refractivity contribution in [3.05, 3.63) is 134 Å². The molecule has 0 saturated heterocycles. The van der Waals surface area contributed by atoms with Gasteiger partial charge in [-0.15, -0.1) is 11.3 Å². The van der Waals surface area contributed by atoms with Crippen LogP contribution in [0, 0.1) is 0 Å². The smallest absolute Gasteiger partial charge is 0.174 e. The summed E-state index contributed by atoms with van der Waals surface area (Å²) < 4.78 is 1.21. The van der Waals surface area contributed by atoms with Gasteiger partial charge >= 0.3 is 0 Å². The largest absolute Gasteiger partial charge is 0.264 e. The summed E-state index contributed by atoms with van der Waals surface area (Å²) in [5.74, 6) is 1.98. The Kier molecular flexibility index (Phi) is 5.96. The van der Waals surface area contributed by atoms with E-state index in [4.69, 9.17) is 15.0 Å². The number of hydrogen-bond acceptors (Lipinski definition) is 5. The molecule has 3 heterocycles. The fourth-order valence-corrected chi connectivity index (χ4v) is 5.65. The summed E-state index contributed by atoms with van der Waals surface area (Å²) in [5.41, 5.74) is 6.34. The van der Waals surface area contributed by atoms with E-state index in [0.717, 1.165) is 38.3 Å². The molecule has 0 saturated carbocycles. The lowest BCUT2D eigenvalue weighted by atomic mass is 10.0. The van der Waals surface area contributed by atoms with Crippen LogP contribution in [0.2, 0.25) is 0 Å². The molecular weight excluding hydrogens is 496 g/mol. The van der Waals surface area contributed by atoms with E-state index in [0.29, 0.717) is 17.5 Å². The van der Waals surface area contributed by atoms with Crippen LogP contribution in [-0.4, -0.2) is 19.9 Å². The number of thiophene rings is 1. The second-order valence-corrected chi connectivity index (χ2v) is 10.3. The first kappa shape index (κ1) is 23.1. The van der Waals surface area contributed by atoms with Gasteiger partial charge in [0.05, 0.1) is 4.88 Å². The summed E-state index contributed by atoms with van der Waals surface area (Å²) in [6.07, 6.45) is 3.65. The van der Waals surface area contributed by atoms with Gasteiger partial charge in [-0.05, 0) is 51.9 Å². The molecule has 0 fully saturated rings. The molecule has 39 heavy (non-hydrogen) atoms. The first-order valence-corrected chi connectivity index (χ1v) is 13.5. The zero-order valence-corrected chi connectivity index (χ0v) is 21.7. The van der Waals surface area contributed by atoms with Crippen LogP contribution in [-0.2, 0) is 0 Å². The Labute approximate surface area is 230 Å². The van der Waals surface area contributed by atoms with Crippen molar-refractivity contribution in [2.75, 3.05) is 0 Å². The Bertz CT molecular complexity index is 1860. The van der Waals surface area contributed by atoms with Gasteiger partial charge in [0.25, 0.3) is 0 Å². The first-order chi connectivity index (χ1) is 19.3. The molecule has 0 N–H and O–H groups in total. The molecule has 0 aliphatic heterocycles. The van der Waals surface area contributed by atoms with Crippen LogP contribution in [0.1, 0.15) is 0 Å². The summed E-state index contributed by atoms with van der Waals surface area (Å²) in [4.78, 5) is 20.2. The predicted molar refractivity (Wildman–Crippen MR) is 160 cm³/mol. The lowest BCUT2D eigenvalue weighted by Crippen LogP contribution is -1.99. The lowest BCUT2D eigenvalue weighted by molar-refractivity contribution is 1.08. The molecule has 0 spiro atoms. The Balaban J connectivity index is 1.36. The minimum Gasteiger partial charge on any atom is -0.264 e. The second kappa shape index (κ2) is 10.0. The monoisotopic (exact) mass is 518 g/mol. The van der Waals surface area contributed by atoms with Crippen LogP contribution in [0.3, 0.4) is 0 Å². The maximum Gasteiger partial charge on any atom is 0.174 e. The Morgan fingerprint density at radius 1 is 0.436 bits per heavy atom. The Morgan fingerprint density at radius 3 is 1.87 bits per heavy atom. The highest BCUT2D eigenvalue weighted by Gasteiger charge is 2.15. The molecule has 0 aliphatic rings. The molecular formula is C34H22N4S. The van der Waals surface area contributed by atoms with E-state index >= 15 is 0 Å². The van der Waals surface area contributed by atoms with Crippen molar-refractivity contribution in [1.29, 1.82) is 0 Å². The normalized spacial score (nSPS) is 11.1. The van der Waals surface area contributed by atoms with E-state index in [1.165, 1.54) is 10.1 Å². The lowest BCUT2D eigenvalue weighted by Gasteiger charge is -2.09. The standard InChI is InChI=1S/C34H22N4S/c1-2-8-23(9-3-1)26-11-6-12-28(20-26)33-36-32(25-17-15-24(16-18-25)29-13-7-19-35-22-29)37-34(38-33)31-21-27-10-4-5-14-30(27)39-31/h1-22H. The van der Waals surface area contributed by atoms with Crippen LogP contribution >= 0.6 is 11.3 Å². The molecule has 5 heteroatoms. The van der Waals surface area contributed by atoms with Crippen molar-refractivity contribution in [3.8, 4) is 55.7 Å². The number of rotatable bonds is 5. The molecule has 0 unspecified atom stereocenters. The number of aromatic nitrogens is 4. The number of pyridine rings is 1. The van der Waals surface area contributed by atoms with Crippen molar-refractivity contribution < 1.29 is 0 Å². The van der Waals surface area contributed by atoms with Gasteiger partial charge < -0.3 is 0 Å². The predicted octanol–water partition coefficient (Wildman–Crippen LogP) is 8.82. The van der Waals surface area contributed by atoms with Crippen LogP contribution in [0.15, 0.2) is 134 Å². The number of benzene rings is 4. The molecule has 184 valence electrons. The van der Waals surface area contributed by atoms with Crippen molar-refractivity contribution >= 4 is 21.4 Å². The zero-order valence-electron chi connectivity index (χ0n) is 20.9. The molecule has 7 rings (SSSR count). The van der Waals surface area contributed by atoms with Crippen LogP contribution in [0.5, 0.6) is 0 Å². The summed E-state index contributed by atoms with van der Waals surface area (Å²) in [5, 5.41) is 1.19. The van der Waals surface area contributed by atoms with Gasteiger partial charge in [0.2, 0.25) is 0 Å². The van der Waals surface area contributed by atoms with E-state index in [1.807, 2.05) is 18.3 Å². The molecule has 0 atom stereocenters. The highest BCUT2D eigenvalue weighted by Crippen LogP contribution is 2.34. The molecule has 4 nitrogen and oxygen atoms in total. The SMILES string of the molecule is c1ccc(-c2cccc(-c3nc(-c4ccc(-c5cccnc5)cc4)nc(-c4cc5ccccc5s4)n3)c2)cc1. The average molecular weight is 519 g/mol. The molecule has 0 bridgehead atoms. The van der Waals surface area contributed by atoms with Gasteiger partial charge in [-0.3, -0.25) is 4.98 Å². The fourth-order valence-electron chi connectivity index (χ4n) is 4.65. The summed E-state index contributed by atoms with van der Waals surface area (Å²) >= 11 is 1.70. The van der Waals surface area contributed by atoms with E-state index < -0.39 is 0 Å². The van der Waals surface area contributed by atoms with E-state index in [-0.39, 0.29) is 0 Å². The molecule has 7 aromatic rings. The highest BCUT2D eigenvalue weighted by atomic mass is 32.1. The van der Waals surface area contributed by atoms with Gasteiger partial charge in [0.15, 0.2) is 17.5 Å².